The van der Waals surface area contributed by atoms with Crippen molar-refractivity contribution >= 4 is 6.03 Å². The molecule has 4 heteroatoms. The quantitative estimate of drug-likeness (QED) is 0.570. The van der Waals surface area contributed by atoms with Crippen molar-refractivity contribution in [2.45, 2.75) is 38.3 Å². The number of hydrogen-bond acceptors (Lipinski definition) is 2. The lowest BCUT2D eigenvalue weighted by molar-refractivity contribution is 0.211. The molecule has 1 saturated carbocycles. The maximum atomic E-state index is 11.1. The molecule has 3 N–H and O–H groups in total. The largest absolute Gasteiger partial charge is 0.394 e. The van der Waals surface area contributed by atoms with Gasteiger partial charge in [0.15, 0.2) is 0 Å². The summed E-state index contributed by atoms with van der Waals surface area (Å²) in [5.41, 5.74) is 0. The summed E-state index contributed by atoms with van der Waals surface area (Å²) in [5.74, 6) is 0. The molecule has 1 atom stereocenters. The van der Waals surface area contributed by atoms with Gasteiger partial charge in [-0.2, -0.15) is 0 Å². The van der Waals surface area contributed by atoms with Gasteiger partial charge in [-0.05, 0) is 26.2 Å². The number of nitrogens with one attached hydrogen (secondary N) is 2. The molecule has 70 valence electrons. The summed E-state index contributed by atoms with van der Waals surface area (Å²) in [4.78, 5) is 11.1. The normalized spacial score (nSPS) is 19.5. The first kappa shape index (κ1) is 9.32. The number of amides is 2. The Hall–Kier alpha value is -0.770. The zero-order valence-corrected chi connectivity index (χ0v) is 7.34. The Morgan fingerprint density at radius 3 is 2.75 bits per heavy atom. The third kappa shape index (κ3) is 2.70. The SMILES string of the molecule is CC(CO)NC(=O)NC1CCC1. The van der Waals surface area contributed by atoms with E-state index in [2.05, 4.69) is 10.6 Å². The van der Waals surface area contributed by atoms with Crippen molar-refractivity contribution in [3.05, 3.63) is 0 Å². The van der Waals surface area contributed by atoms with E-state index < -0.39 is 0 Å². The molecule has 1 unspecified atom stereocenters. The molecule has 0 aromatic rings. The summed E-state index contributed by atoms with van der Waals surface area (Å²) >= 11 is 0. The first-order chi connectivity index (χ1) is 5.72. The number of hydrogen-bond donors (Lipinski definition) is 3. The van der Waals surface area contributed by atoms with Gasteiger partial charge in [-0.15, -0.1) is 0 Å². The zero-order valence-electron chi connectivity index (χ0n) is 7.34. The summed E-state index contributed by atoms with van der Waals surface area (Å²) in [5, 5.41) is 14.1. The molecular formula is C8H16N2O2. The van der Waals surface area contributed by atoms with Crippen LogP contribution >= 0.6 is 0 Å². The number of urea groups is 1. The third-order valence-corrected chi connectivity index (χ3v) is 2.09. The molecule has 0 bridgehead atoms. The highest BCUT2D eigenvalue weighted by atomic mass is 16.3. The van der Waals surface area contributed by atoms with Gasteiger partial charge in [-0.25, -0.2) is 4.79 Å². The second kappa shape index (κ2) is 4.30. The maximum absolute atomic E-state index is 11.1. The van der Waals surface area contributed by atoms with Crippen LogP contribution in [0.15, 0.2) is 0 Å². The first-order valence-electron chi connectivity index (χ1n) is 4.40. The van der Waals surface area contributed by atoms with Crippen LogP contribution in [0, 0.1) is 0 Å². The Morgan fingerprint density at radius 2 is 2.33 bits per heavy atom. The minimum absolute atomic E-state index is 0.0158. The van der Waals surface area contributed by atoms with E-state index in [-0.39, 0.29) is 18.7 Å². The van der Waals surface area contributed by atoms with Gasteiger partial charge in [-0.3, -0.25) is 0 Å². The van der Waals surface area contributed by atoms with E-state index in [1.807, 2.05) is 0 Å². The molecule has 0 heterocycles. The number of carbonyl (C=O) groups excluding carboxylic acids is 1. The van der Waals surface area contributed by atoms with Crippen LogP contribution in [0.2, 0.25) is 0 Å². The van der Waals surface area contributed by atoms with Gasteiger partial charge >= 0.3 is 6.03 Å². The van der Waals surface area contributed by atoms with Gasteiger partial charge in [0.25, 0.3) is 0 Å². The number of aliphatic hydroxyl groups is 1. The van der Waals surface area contributed by atoms with E-state index in [9.17, 15) is 4.79 Å². The molecule has 1 aliphatic carbocycles. The lowest BCUT2D eigenvalue weighted by atomic mass is 9.93. The summed E-state index contributed by atoms with van der Waals surface area (Å²) in [6, 6.07) is 0.0298. The van der Waals surface area contributed by atoms with Crippen molar-refractivity contribution < 1.29 is 9.90 Å². The predicted octanol–water partition coefficient (Wildman–Crippen LogP) is 0.219. The smallest absolute Gasteiger partial charge is 0.315 e. The second-order valence-corrected chi connectivity index (χ2v) is 3.33. The summed E-state index contributed by atoms with van der Waals surface area (Å²) in [7, 11) is 0. The zero-order chi connectivity index (χ0) is 8.97. The van der Waals surface area contributed by atoms with Crippen LogP contribution < -0.4 is 10.6 Å². The lowest BCUT2D eigenvalue weighted by Gasteiger charge is -2.27. The van der Waals surface area contributed by atoms with Gasteiger partial charge in [0, 0.05) is 6.04 Å². The molecule has 0 radical (unpaired) electrons. The molecule has 0 spiro atoms. The van der Waals surface area contributed by atoms with Crippen molar-refractivity contribution in [3.8, 4) is 0 Å². The van der Waals surface area contributed by atoms with Crippen molar-refractivity contribution in [1.82, 2.24) is 10.6 Å². The van der Waals surface area contributed by atoms with Gasteiger partial charge in [0.2, 0.25) is 0 Å². The Kier molecular flexibility index (Phi) is 3.34. The Morgan fingerprint density at radius 1 is 1.67 bits per heavy atom. The van der Waals surface area contributed by atoms with Gasteiger partial charge in [0.05, 0.1) is 12.6 Å². The van der Waals surface area contributed by atoms with Crippen LogP contribution in [0.25, 0.3) is 0 Å². The molecule has 1 fully saturated rings. The third-order valence-electron chi connectivity index (χ3n) is 2.09. The van der Waals surface area contributed by atoms with Crippen LogP contribution in [-0.2, 0) is 0 Å². The van der Waals surface area contributed by atoms with E-state index in [1.165, 1.54) is 6.42 Å². The van der Waals surface area contributed by atoms with E-state index in [0.29, 0.717) is 6.04 Å². The minimum Gasteiger partial charge on any atom is -0.394 e. The van der Waals surface area contributed by atoms with Crippen LogP contribution in [0.1, 0.15) is 26.2 Å². The van der Waals surface area contributed by atoms with E-state index in [0.717, 1.165) is 12.8 Å². The van der Waals surface area contributed by atoms with Crippen LogP contribution in [0.5, 0.6) is 0 Å². The van der Waals surface area contributed by atoms with Crippen molar-refractivity contribution in [2.75, 3.05) is 6.61 Å². The summed E-state index contributed by atoms with van der Waals surface area (Å²) < 4.78 is 0. The van der Waals surface area contributed by atoms with Crippen molar-refractivity contribution in [1.29, 1.82) is 0 Å². The Balaban J connectivity index is 2.10. The fourth-order valence-corrected chi connectivity index (χ4v) is 1.05. The molecule has 1 aliphatic rings. The molecule has 0 saturated heterocycles. The molecule has 12 heavy (non-hydrogen) atoms. The maximum Gasteiger partial charge on any atom is 0.315 e. The van der Waals surface area contributed by atoms with Crippen molar-refractivity contribution in [2.24, 2.45) is 0 Å². The number of rotatable bonds is 3. The first-order valence-corrected chi connectivity index (χ1v) is 4.40. The van der Waals surface area contributed by atoms with Crippen LogP contribution in [-0.4, -0.2) is 29.8 Å². The fourth-order valence-electron chi connectivity index (χ4n) is 1.05. The topological polar surface area (TPSA) is 61.4 Å². The molecule has 0 aromatic heterocycles. The highest BCUT2D eigenvalue weighted by molar-refractivity contribution is 5.74. The Bertz CT molecular complexity index is 148. The van der Waals surface area contributed by atoms with Crippen LogP contribution in [0.4, 0.5) is 4.79 Å². The van der Waals surface area contributed by atoms with Gasteiger partial charge in [-0.1, -0.05) is 0 Å². The monoisotopic (exact) mass is 172 g/mol. The van der Waals surface area contributed by atoms with Gasteiger partial charge in [0.1, 0.15) is 0 Å². The molecule has 4 nitrogen and oxygen atoms in total. The summed E-state index contributed by atoms with van der Waals surface area (Å²) in [6.45, 7) is 1.75. The number of aliphatic hydroxyl groups excluding tert-OH is 1. The molecule has 0 aromatic carbocycles. The van der Waals surface area contributed by atoms with Gasteiger partial charge < -0.3 is 15.7 Å². The second-order valence-electron chi connectivity index (χ2n) is 3.33. The Labute approximate surface area is 72.3 Å². The predicted molar refractivity (Wildman–Crippen MR) is 45.9 cm³/mol. The standard InChI is InChI=1S/C8H16N2O2/c1-6(5-11)9-8(12)10-7-3-2-4-7/h6-7,11H,2-5H2,1H3,(H2,9,10,12). The molecular weight excluding hydrogens is 156 g/mol. The van der Waals surface area contributed by atoms with Crippen molar-refractivity contribution in [3.63, 3.8) is 0 Å². The molecule has 1 rings (SSSR count). The fraction of sp³-hybridized carbons (Fsp3) is 0.875. The average Bonchev–Trinajstić information content (AvgIpc) is 1.97. The van der Waals surface area contributed by atoms with E-state index in [1.54, 1.807) is 6.92 Å². The van der Waals surface area contributed by atoms with E-state index in [4.69, 9.17) is 5.11 Å². The summed E-state index contributed by atoms with van der Waals surface area (Å²) in [6.07, 6.45) is 3.38. The lowest BCUT2D eigenvalue weighted by Crippen LogP contribution is -2.48. The average molecular weight is 172 g/mol. The molecule has 2 amide bonds. The van der Waals surface area contributed by atoms with Crippen LogP contribution in [0.3, 0.4) is 0 Å². The molecule has 0 aliphatic heterocycles. The number of carbonyl (C=O) groups is 1. The van der Waals surface area contributed by atoms with E-state index >= 15 is 0 Å². The minimum atomic E-state index is -0.166. The highest BCUT2D eigenvalue weighted by Gasteiger charge is 2.19. The highest BCUT2D eigenvalue weighted by Crippen LogP contribution is 2.17.